The molecule has 0 bridgehead atoms. The van der Waals surface area contributed by atoms with Gasteiger partial charge in [-0.3, -0.25) is 10.1 Å². The maximum atomic E-state index is 13.6. The number of ether oxygens (including phenoxy) is 1. The first-order valence-corrected chi connectivity index (χ1v) is 8.02. The van der Waals surface area contributed by atoms with Gasteiger partial charge in [0.1, 0.15) is 5.82 Å². The molecule has 1 aromatic carbocycles. The van der Waals surface area contributed by atoms with Gasteiger partial charge in [0.2, 0.25) is 0 Å². The first-order chi connectivity index (χ1) is 11.4. The van der Waals surface area contributed by atoms with Crippen LogP contribution >= 0.6 is 11.6 Å². The lowest BCUT2D eigenvalue weighted by Gasteiger charge is -2.15. The number of esters is 1. The van der Waals surface area contributed by atoms with Crippen molar-refractivity contribution in [3.8, 4) is 0 Å². The summed E-state index contributed by atoms with van der Waals surface area (Å²) in [7, 11) is 0. The van der Waals surface area contributed by atoms with Crippen molar-refractivity contribution in [2.45, 2.75) is 44.8 Å². The highest BCUT2D eigenvalue weighted by atomic mass is 35.5. The third kappa shape index (κ3) is 4.92. The van der Waals surface area contributed by atoms with Gasteiger partial charge in [0.25, 0.3) is 5.91 Å². The Balaban J connectivity index is 1.86. The van der Waals surface area contributed by atoms with Crippen LogP contribution in [-0.2, 0) is 9.53 Å². The molecule has 0 radical (unpaired) electrons. The predicted molar refractivity (Wildman–Crippen MR) is 85.2 cm³/mol. The lowest BCUT2D eigenvalue weighted by atomic mass is 10.2. The van der Waals surface area contributed by atoms with Gasteiger partial charge in [-0.25, -0.2) is 14.0 Å². The van der Waals surface area contributed by atoms with Gasteiger partial charge in [-0.15, -0.1) is 0 Å². The highest BCUT2D eigenvalue weighted by Crippen LogP contribution is 2.17. The molecule has 3 amide bonds. The summed E-state index contributed by atoms with van der Waals surface area (Å²) in [6.07, 6.45) is 2.59. The number of halogens is 2. The van der Waals surface area contributed by atoms with Gasteiger partial charge in [-0.2, -0.15) is 0 Å². The first kappa shape index (κ1) is 18.2. The molecule has 1 saturated carbocycles. The number of imide groups is 1. The standard InChI is InChI=1S/C16H18ClFN2O4/c1-9(14(21)20-16(23)19-11-4-2-3-5-11)24-15(22)12-7-6-10(17)8-13(12)18/h6-9,11H,2-5H2,1H3,(H2,19,20,21,23)/t9-/m0/s1. The van der Waals surface area contributed by atoms with Crippen LogP contribution in [0, 0.1) is 5.82 Å². The second-order valence-corrected chi connectivity index (χ2v) is 6.05. The van der Waals surface area contributed by atoms with Crippen molar-refractivity contribution in [1.82, 2.24) is 10.6 Å². The molecule has 1 aliphatic rings. The number of hydrogen-bond acceptors (Lipinski definition) is 4. The number of amides is 3. The van der Waals surface area contributed by atoms with Gasteiger partial charge in [0.15, 0.2) is 6.10 Å². The van der Waals surface area contributed by atoms with Gasteiger partial charge in [0.05, 0.1) is 5.56 Å². The van der Waals surface area contributed by atoms with Crippen molar-refractivity contribution < 1.29 is 23.5 Å². The molecule has 1 fully saturated rings. The fraction of sp³-hybridized carbons (Fsp3) is 0.438. The second-order valence-electron chi connectivity index (χ2n) is 5.62. The van der Waals surface area contributed by atoms with E-state index in [1.165, 1.54) is 13.0 Å². The molecule has 6 nitrogen and oxygen atoms in total. The number of urea groups is 1. The summed E-state index contributed by atoms with van der Waals surface area (Å²) in [6.45, 7) is 1.30. The number of hydrogen-bond donors (Lipinski definition) is 2. The second kappa shape index (κ2) is 8.10. The summed E-state index contributed by atoms with van der Waals surface area (Å²) in [5.41, 5.74) is -0.338. The van der Waals surface area contributed by atoms with E-state index in [1.807, 2.05) is 0 Å². The van der Waals surface area contributed by atoms with Crippen LogP contribution in [0.2, 0.25) is 5.02 Å². The largest absolute Gasteiger partial charge is 0.449 e. The van der Waals surface area contributed by atoms with Gasteiger partial charge in [-0.1, -0.05) is 24.4 Å². The molecule has 0 spiro atoms. The Morgan fingerprint density at radius 3 is 2.58 bits per heavy atom. The van der Waals surface area contributed by atoms with Gasteiger partial charge >= 0.3 is 12.0 Å². The Hall–Kier alpha value is -2.15. The SMILES string of the molecule is C[C@H](OC(=O)c1ccc(Cl)cc1F)C(=O)NC(=O)NC1CCCC1. The molecule has 1 aromatic rings. The van der Waals surface area contributed by atoms with E-state index in [9.17, 15) is 18.8 Å². The van der Waals surface area contributed by atoms with E-state index >= 15 is 0 Å². The summed E-state index contributed by atoms with van der Waals surface area (Å²) in [5.74, 6) is -2.64. The minimum atomic E-state index is -1.25. The lowest BCUT2D eigenvalue weighted by molar-refractivity contribution is -0.127. The van der Waals surface area contributed by atoms with E-state index in [2.05, 4.69) is 10.6 Å². The quantitative estimate of drug-likeness (QED) is 0.812. The van der Waals surface area contributed by atoms with E-state index in [0.29, 0.717) is 0 Å². The topological polar surface area (TPSA) is 84.5 Å². The summed E-state index contributed by atoms with van der Waals surface area (Å²) >= 11 is 5.60. The highest BCUT2D eigenvalue weighted by molar-refractivity contribution is 6.30. The number of rotatable bonds is 4. The van der Waals surface area contributed by atoms with Crippen LogP contribution in [0.4, 0.5) is 9.18 Å². The van der Waals surface area contributed by atoms with Crippen LogP contribution in [0.25, 0.3) is 0 Å². The van der Waals surface area contributed by atoms with E-state index in [0.717, 1.165) is 37.8 Å². The molecule has 0 heterocycles. The van der Waals surface area contributed by atoms with Crippen molar-refractivity contribution >= 4 is 29.5 Å². The van der Waals surface area contributed by atoms with Crippen molar-refractivity contribution in [3.05, 3.63) is 34.6 Å². The number of carbonyl (C=O) groups is 3. The zero-order chi connectivity index (χ0) is 17.7. The summed E-state index contributed by atoms with van der Waals surface area (Å²) in [4.78, 5) is 35.4. The van der Waals surface area contributed by atoms with Crippen molar-refractivity contribution in [1.29, 1.82) is 0 Å². The van der Waals surface area contributed by atoms with E-state index in [4.69, 9.17) is 16.3 Å². The molecule has 24 heavy (non-hydrogen) atoms. The molecular formula is C16H18ClFN2O4. The predicted octanol–water partition coefficient (Wildman–Crippen LogP) is 2.79. The summed E-state index contributed by atoms with van der Waals surface area (Å²) < 4.78 is 18.5. The minimum absolute atomic E-state index is 0.0545. The van der Waals surface area contributed by atoms with Gasteiger partial charge < -0.3 is 10.1 Å². The Morgan fingerprint density at radius 2 is 1.96 bits per heavy atom. The Labute approximate surface area is 143 Å². The van der Waals surface area contributed by atoms with Crippen molar-refractivity contribution in [2.24, 2.45) is 0 Å². The highest BCUT2D eigenvalue weighted by Gasteiger charge is 2.24. The maximum Gasteiger partial charge on any atom is 0.341 e. The number of nitrogens with one attached hydrogen (secondary N) is 2. The van der Waals surface area contributed by atoms with Crippen molar-refractivity contribution in [3.63, 3.8) is 0 Å². The van der Waals surface area contributed by atoms with E-state index in [1.54, 1.807) is 0 Å². The molecule has 0 aromatic heterocycles. The first-order valence-electron chi connectivity index (χ1n) is 7.64. The number of carbonyl (C=O) groups excluding carboxylic acids is 3. The zero-order valence-corrected chi connectivity index (χ0v) is 13.9. The third-order valence-electron chi connectivity index (χ3n) is 3.73. The monoisotopic (exact) mass is 356 g/mol. The molecule has 8 heteroatoms. The molecule has 2 N–H and O–H groups in total. The van der Waals surface area contributed by atoms with Crippen LogP contribution in [0.3, 0.4) is 0 Å². The van der Waals surface area contributed by atoms with Crippen LogP contribution in [0.1, 0.15) is 43.0 Å². The van der Waals surface area contributed by atoms with Gasteiger partial charge in [-0.05, 0) is 38.0 Å². The third-order valence-corrected chi connectivity index (χ3v) is 3.97. The smallest absolute Gasteiger partial charge is 0.341 e. The number of benzene rings is 1. The molecule has 0 unspecified atom stereocenters. The Bertz CT molecular complexity index is 647. The van der Waals surface area contributed by atoms with E-state index in [-0.39, 0.29) is 16.6 Å². The molecule has 130 valence electrons. The van der Waals surface area contributed by atoms with Crippen LogP contribution in [0.5, 0.6) is 0 Å². The summed E-state index contributed by atoms with van der Waals surface area (Å²) in [5, 5.41) is 4.92. The van der Waals surface area contributed by atoms with Crippen LogP contribution in [-0.4, -0.2) is 30.1 Å². The lowest BCUT2D eigenvalue weighted by Crippen LogP contribution is -2.47. The van der Waals surface area contributed by atoms with E-state index < -0.39 is 29.8 Å². The zero-order valence-electron chi connectivity index (χ0n) is 13.1. The molecule has 2 rings (SSSR count). The minimum Gasteiger partial charge on any atom is -0.449 e. The average Bonchev–Trinajstić information content (AvgIpc) is 2.99. The molecule has 0 saturated heterocycles. The average molecular weight is 357 g/mol. The maximum absolute atomic E-state index is 13.6. The Kier molecular flexibility index (Phi) is 6.14. The summed E-state index contributed by atoms with van der Waals surface area (Å²) in [6, 6.07) is 2.89. The van der Waals surface area contributed by atoms with Crippen LogP contribution in [0.15, 0.2) is 18.2 Å². The molecular weight excluding hydrogens is 339 g/mol. The molecule has 0 aliphatic heterocycles. The Morgan fingerprint density at radius 1 is 1.29 bits per heavy atom. The van der Waals surface area contributed by atoms with Gasteiger partial charge in [0, 0.05) is 11.1 Å². The fourth-order valence-electron chi connectivity index (χ4n) is 2.44. The fourth-order valence-corrected chi connectivity index (χ4v) is 2.60. The molecule has 1 aliphatic carbocycles. The van der Waals surface area contributed by atoms with Crippen LogP contribution < -0.4 is 10.6 Å². The normalized spacial score (nSPS) is 15.6. The molecule has 1 atom stereocenters. The van der Waals surface area contributed by atoms with Crippen molar-refractivity contribution in [2.75, 3.05) is 0 Å².